The molecule has 0 N–H and O–H groups in total. The fourth-order valence-electron chi connectivity index (χ4n) is 3.08. The molecule has 0 heterocycles. The first kappa shape index (κ1) is 21.3. The van der Waals surface area contributed by atoms with Gasteiger partial charge in [-0.25, -0.2) is 39.5 Å². The molecule has 3 rings (SSSR count). The SMILES string of the molecule is Cc1cc(F)[c]([Al]([c]2c(F)cc(F)cc2F)[c]2c(F)cc(F)cc2F)c(F)c1F. The van der Waals surface area contributed by atoms with Gasteiger partial charge in [0.15, 0.2) is 5.82 Å². The Balaban J connectivity index is 2.48. The molecule has 3 aromatic rings. The summed E-state index contributed by atoms with van der Waals surface area (Å²) in [6.07, 6.45) is 0. The Morgan fingerprint density at radius 3 is 1.21 bits per heavy atom. The molecule has 0 fully saturated rings. The van der Waals surface area contributed by atoms with E-state index in [1.807, 2.05) is 0 Å². The van der Waals surface area contributed by atoms with Gasteiger partial charge in [0, 0.05) is 24.3 Å². The van der Waals surface area contributed by atoms with Crippen LogP contribution in [0.3, 0.4) is 0 Å². The van der Waals surface area contributed by atoms with Crippen LogP contribution in [0.5, 0.6) is 0 Å². The second kappa shape index (κ2) is 7.77. The molecule has 0 amide bonds. The normalized spacial score (nSPS) is 11.1. The summed E-state index contributed by atoms with van der Waals surface area (Å²) < 4.78 is 124. The zero-order valence-corrected chi connectivity index (χ0v) is 15.5. The van der Waals surface area contributed by atoms with Crippen molar-refractivity contribution in [2.45, 2.75) is 6.92 Å². The highest BCUT2D eigenvalue weighted by Crippen LogP contribution is 2.16. The third-order valence-electron chi connectivity index (χ3n) is 4.33. The Morgan fingerprint density at radius 2 is 0.828 bits per heavy atom. The van der Waals surface area contributed by atoms with Gasteiger partial charge in [0.1, 0.15) is 46.5 Å². The van der Waals surface area contributed by atoms with E-state index in [0.29, 0.717) is 6.07 Å². The number of aryl methyl sites for hydroxylation is 1. The molecule has 0 aliphatic carbocycles. The quantitative estimate of drug-likeness (QED) is 0.335. The van der Waals surface area contributed by atoms with E-state index >= 15 is 0 Å². The average Bonchev–Trinajstić information content (AvgIpc) is 2.57. The van der Waals surface area contributed by atoms with E-state index in [9.17, 15) is 39.5 Å². The second-order valence-electron chi connectivity index (χ2n) is 6.22. The predicted octanol–water partition coefficient (Wildman–Crippen LogP) is 3.76. The van der Waals surface area contributed by atoms with Gasteiger partial charge in [0.2, 0.25) is 0 Å². The van der Waals surface area contributed by atoms with E-state index < -0.39 is 85.3 Å². The first-order valence-corrected chi connectivity index (χ1v) is 9.69. The van der Waals surface area contributed by atoms with Gasteiger partial charge >= 0.3 is 14.1 Å². The highest BCUT2D eigenvalue weighted by molar-refractivity contribution is 6.95. The van der Waals surface area contributed by atoms with E-state index in [0.717, 1.165) is 6.92 Å². The van der Waals surface area contributed by atoms with Gasteiger partial charge in [-0.2, -0.15) is 0 Å². The topological polar surface area (TPSA) is 0 Å². The summed E-state index contributed by atoms with van der Waals surface area (Å²) in [7, 11) is 0. The maximum atomic E-state index is 14.6. The van der Waals surface area contributed by atoms with Crippen molar-refractivity contribution < 1.29 is 39.5 Å². The molecule has 10 heteroatoms. The van der Waals surface area contributed by atoms with Gasteiger partial charge < -0.3 is 0 Å². The average molecular weight is 434 g/mol. The van der Waals surface area contributed by atoms with Crippen molar-refractivity contribution >= 4 is 27.4 Å². The van der Waals surface area contributed by atoms with Crippen molar-refractivity contribution in [1.29, 1.82) is 0 Å². The maximum Gasteiger partial charge on any atom is 0.412 e. The van der Waals surface area contributed by atoms with Crippen LogP contribution < -0.4 is 13.3 Å². The van der Waals surface area contributed by atoms with E-state index in [1.54, 1.807) is 0 Å². The van der Waals surface area contributed by atoms with Gasteiger partial charge in [0.05, 0.1) is 0 Å². The summed E-state index contributed by atoms with van der Waals surface area (Å²) in [5.41, 5.74) is -0.503. The second-order valence-corrected chi connectivity index (χ2v) is 8.81. The number of rotatable bonds is 3. The van der Waals surface area contributed by atoms with Crippen molar-refractivity contribution in [3.8, 4) is 0 Å². The summed E-state index contributed by atoms with van der Waals surface area (Å²) >= 11 is -4.46. The van der Waals surface area contributed by atoms with Crippen molar-refractivity contribution in [3.63, 3.8) is 0 Å². The number of halogens is 9. The molecule has 150 valence electrons. The number of hydrogen-bond acceptors (Lipinski definition) is 0. The molecular weight excluding hydrogens is 426 g/mol. The van der Waals surface area contributed by atoms with Crippen molar-refractivity contribution in [1.82, 2.24) is 0 Å². The fraction of sp³-hybridized carbons (Fsp3) is 0.0526. The Bertz CT molecular complexity index is 1020. The summed E-state index contributed by atoms with van der Waals surface area (Å²) in [5, 5.41) is 0. The minimum Gasteiger partial charge on any atom is -0.208 e. The summed E-state index contributed by atoms with van der Waals surface area (Å²) in [6.45, 7) is 1.000. The molecule has 0 radical (unpaired) electrons. The third-order valence-corrected chi connectivity index (χ3v) is 7.69. The maximum absolute atomic E-state index is 14.6. The van der Waals surface area contributed by atoms with Crippen LogP contribution in [0.25, 0.3) is 0 Å². The molecule has 0 atom stereocenters. The highest BCUT2D eigenvalue weighted by Gasteiger charge is 2.41. The Morgan fingerprint density at radius 1 is 0.483 bits per heavy atom. The standard InChI is InChI=1S/C7H4F3.2C6H2F3.Al/c1-4-2-5(8)3-6(9)7(4)10;2*7-4-1-5(8)3-6(9)2-4;/h2H,1H3;2*1-2H;. The van der Waals surface area contributed by atoms with E-state index in [2.05, 4.69) is 0 Å². The van der Waals surface area contributed by atoms with Crippen LogP contribution in [0.15, 0.2) is 30.3 Å². The first-order chi connectivity index (χ1) is 13.5. The predicted molar refractivity (Wildman–Crippen MR) is 88.3 cm³/mol. The van der Waals surface area contributed by atoms with E-state index in [4.69, 9.17) is 0 Å². The molecule has 0 aliphatic heterocycles. The monoisotopic (exact) mass is 434 g/mol. The zero-order chi connectivity index (χ0) is 21.6. The molecule has 29 heavy (non-hydrogen) atoms. The van der Waals surface area contributed by atoms with E-state index in [-0.39, 0.29) is 24.3 Å². The molecular formula is C19H8AlF9. The lowest BCUT2D eigenvalue weighted by Gasteiger charge is -2.19. The minimum absolute atomic E-state index is 0.151. The van der Waals surface area contributed by atoms with Crippen LogP contribution in [0.4, 0.5) is 39.5 Å². The van der Waals surface area contributed by atoms with Crippen molar-refractivity contribution in [2.24, 2.45) is 0 Å². The lowest BCUT2D eigenvalue weighted by atomic mass is 10.2. The summed E-state index contributed by atoms with van der Waals surface area (Å²) in [4.78, 5) is 0. The lowest BCUT2D eigenvalue weighted by molar-refractivity contribution is 0.497. The first-order valence-electron chi connectivity index (χ1n) is 7.95. The third kappa shape index (κ3) is 3.74. The minimum atomic E-state index is -4.46. The smallest absolute Gasteiger partial charge is 0.208 e. The number of hydrogen-bond donors (Lipinski definition) is 0. The van der Waals surface area contributed by atoms with Gasteiger partial charge in [-0.1, -0.05) is 0 Å². The Labute approximate surface area is 162 Å². The van der Waals surface area contributed by atoms with Crippen LogP contribution in [-0.4, -0.2) is 14.1 Å². The molecule has 0 aromatic heterocycles. The zero-order valence-electron chi connectivity index (χ0n) is 14.4. The van der Waals surface area contributed by atoms with Crippen LogP contribution >= 0.6 is 0 Å². The van der Waals surface area contributed by atoms with Crippen LogP contribution in [0.2, 0.25) is 0 Å². The van der Waals surface area contributed by atoms with Crippen molar-refractivity contribution in [2.75, 3.05) is 0 Å². The molecule has 0 unspecified atom stereocenters. The Hall–Kier alpha value is -2.44. The molecule has 0 saturated heterocycles. The molecule has 0 bridgehead atoms. The summed E-state index contributed by atoms with van der Waals surface area (Å²) in [5.74, 6) is -14.5. The van der Waals surface area contributed by atoms with Gasteiger partial charge in [-0.05, 0) is 31.8 Å². The molecule has 0 saturated carbocycles. The van der Waals surface area contributed by atoms with Gasteiger partial charge in [0.25, 0.3) is 0 Å². The van der Waals surface area contributed by atoms with Crippen molar-refractivity contribution in [3.05, 3.63) is 88.3 Å². The van der Waals surface area contributed by atoms with Crippen LogP contribution in [0.1, 0.15) is 5.56 Å². The molecule has 0 aliphatic rings. The highest BCUT2D eigenvalue weighted by atomic mass is 27.2. The van der Waals surface area contributed by atoms with Crippen LogP contribution in [-0.2, 0) is 0 Å². The summed E-state index contributed by atoms with van der Waals surface area (Å²) in [6, 6.07) is 1.10. The van der Waals surface area contributed by atoms with Crippen LogP contribution in [0, 0.1) is 59.3 Å². The molecule has 0 spiro atoms. The van der Waals surface area contributed by atoms with E-state index in [1.165, 1.54) is 0 Å². The molecule has 3 aromatic carbocycles. The molecule has 0 nitrogen and oxygen atoms in total. The fourth-order valence-corrected chi connectivity index (χ4v) is 6.13. The number of benzene rings is 3. The van der Waals surface area contributed by atoms with Gasteiger partial charge in [-0.3, -0.25) is 0 Å². The lowest BCUT2D eigenvalue weighted by Crippen LogP contribution is -2.59. The Kier molecular flexibility index (Phi) is 5.70. The van der Waals surface area contributed by atoms with Gasteiger partial charge in [-0.15, -0.1) is 0 Å². The largest absolute Gasteiger partial charge is 0.412 e.